The number of fused-ring (bicyclic) bond motifs is 1. The maximum atomic E-state index is 13.5. The third-order valence-electron chi connectivity index (χ3n) is 6.81. The van der Waals surface area contributed by atoms with E-state index in [2.05, 4.69) is 31.1 Å². The molecule has 7 nitrogen and oxygen atoms in total. The van der Waals surface area contributed by atoms with Gasteiger partial charge in [-0.05, 0) is 23.6 Å². The van der Waals surface area contributed by atoms with E-state index in [0.717, 1.165) is 11.3 Å². The summed E-state index contributed by atoms with van der Waals surface area (Å²) in [5, 5.41) is 4.17. The highest BCUT2D eigenvalue weighted by atomic mass is 16.5. The molecule has 0 aliphatic carbocycles. The van der Waals surface area contributed by atoms with Crippen LogP contribution in [0.15, 0.2) is 48.8 Å². The Kier molecular flexibility index (Phi) is 4.55. The Balaban J connectivity index is 1.39. The molecule has 1 spiro atoms. The quantitative estimate of drug-likeness (QED) is 0.697. The summed E-state index contributed by atoms with van der Waals surface area (Å²) < 4.78 is 7.99. The summed E-state index contributed by atoms with van der Waals surface area (Å²) in [6.07, 6.45) is 7.25. The van der Waals surface area contributed by atoms with Crippen LogP contribution in [0.25, 0.3) is 0 Å². The standard InChI is InChI=1S/C24H28N4O3/c1-15(2)17-5-7-18(8-6-17)28-14-24-10-9-19(31-24)20(21(24)23(28)30)22(29)26(3)12-16-11-25-27(4)13-16/h5-11,13,15,19-21H,12,14H2,1-4H3/t19-,20?,21?,24-/m1/s1. The number of carbonyl (C=O) groups is 2. The smallest absolute Gasteiger partial charge is 0.234 e. The topological polar surface area (TPSA) is 67.7 Å². The summed E-state index contributed by atoms with van der Waals surface area (Å²) in [4.78, 5) is 30.4. The van der Waals surface area contributed by atoms with E-state index in [1.807, 2.05) is 37.5 Å². The SMILES string of the molecule is CC(C)c1ccc(N2C[C@@]34C=C[C@@H](O3)C(C(=O)N(C)Cc3cnn(C)c3)C4C2=O)cc1. The summed E-state index contributed by atoms with van der Waals surface area (Å²) in [6, 6.07) is 8.12. The van der Waals surface area contributed by atoms with Gasteiger partial charge in [-0.25, -0.2) is 0 Å². The Morgan fingerprint density at radius 2 is 2.06 bits per heavy atom. The van der Waals surface area contributed by atoms with Crippen LogP contribution in [0, 0.1) is 11.8 Å². The van der Waals surface area contributed by atoms with E-state index >= 15 is 0 Å². The van der Waals surface area contributed by atoms with Gasteiger partial charge in [-0.1, -0.05) is 38.1 Å². The van der Waals surface area contributed by atoms with Crippen LogP contribution in [0.3, 0.4) is 0 Å². The van der Waals surface area contributed by atoms with E-state index in [4.69, 9.17) is 4.74 Å². The van der Waals surface area contributed by atoms with Crippen molar-refractivity contribution in [3.63, 3.8) is 0 Å². The van der Waals surface area contributed by atoms with Gasteiger partial charge in [0.2, 0.25) is 11.8 Å². The molecule has 31 heavy (non-hydrogen) atoms. The normalized spacial score (nSPS) is 28.6. The van der Waals surface area contributed by atoms with E-state index in [9.17, 15) is 9.59 Å². The van der Waals surface area contributed by atoms with Crippen molar-refractivity contribution < 1.29 is 14.3 Å². The Morgan fingerprint density at radius 1 is 1.32 bits per heavy atom. The van der Waals surface area contributed by atoms with Crippen molar-refractivity contribution in [2.45, 2.75) is 38.0 Å². The Bertz CT molecular complexity index is 1060. The van der Waals surface area contributed by atoms with Crippen LogP contribution in [0.1, 0.15) is 30.9 Å². The van der Waals surface area contributed by atoms with Crippen LogP contribution >= 0.6 is 0 Å². The fourth-order valence-corrected chi connectivity index (χ4v) is 5.20. The van der Waals surface area contributed by atoms with E-state index in [-0.39, 0.29) is 17.9 Å². The zero-order chi connectivity index (χ0) is 21.9. The predicted octanol–water partition coefficient (Wildman–Crippen LogP) is 2.49. The minimum atomic E-state index is -0.714. The van der Waals surface area contributed by atoms with Gasteiger partial charge in [0.1, 0.15) is 5.60 Å². The molecule has 2 bridgehead atoms. The summed E-state index contributed by atoms with van der Waals surface area (Å²) in [7, 11) is 3.63. The predicted molar refractivity (Wildman–Crippen MR) is 116 cm³/mol. The van der Waals surface area contributed by atoms with Gasteiger partial charge in [0.25, 0.3) is 0 Å². The molecule has 4 heterocycles. The lowest BCUT2D eigenvalue weighted by atomic mass is 9.76. The van der Waals surface area contributed by atoms with Crippen molar-refractivity contribution in [1.82, 2.24) is 14.7 Å². The van der Waals surface area contributed by atoms with Gasteiger partial charge < -0.3 is 14.5 Å². The summed E-state index contributed by atoms with van der Waals surface area (Å²) in [6.45, 7) is 5.19. The molecule has 0 saturated carbocycles. The molecule has 5 rings (SSSR count). The minimum absolute atomic E-state index is 0.0303. The second-order valence-corrected chi connectivity index (χ2v) is 9.29. The lowest BCUT2D eigenvalue weighted by molar-refractivity contribution is -0.139. The summed E-state index contributed by atoms with van der Waals surface area (Å²) >= 11 is 0. The summed E-state index contributed by atoms with van der Waals surface area (Å²) in [5.74, 6) is -0.650. The van der Waals surface area contributed by atoms with Crippen molar-refractivity contribution >= 4 is 17.5 Å². The van der Waals surface area contributed by atoms with E-state index in [1.165, 1.54) is 5.56 Å². The molecule has 2 saturated heterocycles. The molecule has 2 unspecified atom stereocenters. The molecule has 1 aromatic carbocycles. The number of aromatic nitrogens is 2. The number of carbonyl (C=O) groups excluding carboxylic acids is 2. The van der Waals surface area contributed by atoms with Crippen LogP contribution in [0.4, 0.5) is 5.69 Å². The summed E-state index contributed by atoms with van der Waals surface area (Å²) in [5.41, 5.74) is 2.33. The lowest BCUT2D eigenvalue weighted by Crippen LogP contribution is -2.44. The van der Waals surface area contributed by atoms with Crippen molar-refractivity contribution in [2.24, 2.45) is 18.9 Å². The van der Waals surface area contributed by atoms with Crippen LogP contribution in [-0.4, -0.2) is 51.8 Å². The molecule has 162 valence electrons. The first-order valence-electron chi connectivity index (χ1n) is 10.8. The first-order valence-corrected chi connectivity index (χ1v) is 10.8. The lowest BCUT2D eigenvalue weighted by Gasteiger charge is -2.27. The van der Waals surface area contributed by atoms with Gasteiger partial charge in [0.15, 0.2) is 0 Å². The van der Waals surface area contributed by atoms with Gasteiger partial charge in [-0.15, -0.1) is 0 Å². The van der Waals surface area contributed by atoms with Gasteiger partial charge in [-0.2, -0.15) is 5.10 Å². The molecule has 4 atom stereocenters. The Morgan fingerprint density at radius 3 is 2.71 bits per heavy atom. The number of rotatable bonds is 5. The average molecular weight is 421 g/mol. The zero-order valence-electron chi connectivity index (χ0n) is 18.4. The van der Waals surface area contributed by atoms with Gasteiger partial charge in [0.05, 0.1) is 30.7 Å². The number of anilines is 1. The van der Waals surface area contributed by atoms with Crippen LogP contribution in [0.5, 0.6) is 0 Å². The molecule has 2 aromatic rings. The fraction of sp³-hybridized carbons (Fsp3) is 0.458. The number of hydrogen-bond acceptors (Lipinski definition) is 4. The molecule has 0 N–H and O–H groups in total. The van der Waals surface area contributed by atoms with Gasteiger partial charge in [-0.3, -0.25) is 14.3 Å². The number of ether oxygens (including phenoxy) is 1. The minimum Gasteiger partial charge on any atom is -0.360 e. The first kappa shape index (κ1) is 20.0. The highest BCUT2D eigenvalue weighted by Gasteiger charge is 2.67. The average Bonchev–Trinajstić information content (AvgIpc) is 3.49. The van der Waals surface area contributed by atoms with Crippen molar-refractivity contribution in [3.05, 3.63) is 59.9 Å². The van der Waals surface area contributed by atoms with Gasteiger partial charge >= 0.3 is 0 Å². The van der Waals surface area contributed by atoms with Crippen LogP contribution < -0.4 is 4.90 Å². The van der Waals surface area contributed by atoms with E-state index in [1.54, 1.807) is 27.7 Å². The molecular weight excluding hydrogens is 392 g/mol. The largest absolute Gasteiger partial charge is 0.360 e. The molecule has 3 aliphatic heterocycles. The zero-order valence-corrected chi connectivity index (χ0v) is 18.4. The highest BCUT2D eigenvalue weighted by Crippen LogP contribution is 2.53. The fourth-order valence-electron chi connectivity index (χ4n) is 5.20. The van der Waals surface area contributed by atoms with E-state index in [0.29, 0.717) is 19.0 Å². The number of hydrogen-bond donors (Lipinski definition) is 0. The molecule has 0 radical (unpaired) electrons. The van der Waals surface area contributed by atoms with Crippen molar-refractivity contribution in [1.29, 1.82) is 0 Å². The number of amides is 2. The maximum absolute atomic E-state index is 13.5. The number of aryl methyl sites for hydroxylation is 1. The second-order valence-electron chi connectivity index (χ2n) is 9.29. The molecule has 2 amide bonds. The number of benzene rings is 1. The Labute approximate surface area is 182 Å². The first-order chi connectivity index (χ1) is 14.8. The second kappa shape index (κ2) is 7.05. The molecule has 1 aromatic heterocycles. The molecule has 7 heteroatoms. The third-order valence-corrected chi connectivity index (χ3v) is 6.81. The molecule has 3 aliphatic rings. The third kappa shape index (κ3) is 3.10. The van der Waals surface area contributed by atoms with Crippen molar-refractivity contribution in [3.8, 4) is 0 Å². The molecule has 2 fully saturated rings. The highest BCUT2D eigenvalue weighted by molar-refractivity contribution is 6.03. The van der Waals surface area contributed by atoms with Gasteiger partial charge in [0, 0.05) is 38.1 Å². The maximum Gasteiger partial charge on any atom is 0.234 e. The Hall–Kier alpha value is -2.93. The van der Waals surface area contributed by atoms with Crippen molar-refractivity contribution in [2.75, 3.05) is 18.5 Å². The molecular formula is C24H28N4O3. The van der Waals surface area contributed by atoms with Crippen LogP contribution in [-0.2, 0) is 27.9 Å². The van der Waals surface area contributed by atoms with E-state index < -0.39 is 17.4 Å². The monoisotopic (exact) mass is 420 g/mol. The number of nitrogens with zero attached hydrogens (tertiary/aromatic N) is 4. The van der Waals surface area contributed by atoms with Crippen LogP contribution in [0.2, 0.25) is 0 Å².